The van der Waals surface area contributed by atoms with Gasteiger partial charge >= 0.3 is 0 Å². The second-order valence-electron chi connectivity index (χ2n) is 5.42. The van der Waals surface area contributed by atoms with Crippen molar-refractivity contribution < 1.29 is 8.78 Å². The summed E-state index contributed by atoms with van der Waals surface area (Å²) in [4.78, 5) is 0. The van der Waals surface area contributed by atoms with Gasteiger partial charge in [0, 0.05) is 23.0 Å². The lowest BCUT2D eigenvalue weighted by molar-refractivity contribution is 0.575. The molecule has 0 N–H and O–H groups in total. The Balaban J connectivity index is 2.71. The summed E-state index contributed by atoms with van der Waals surface area (Å²) in [6, 6.07) is 4.33. The third-order valence-corrected chi connectivity index (χ3v) is 3.44. The molecule has 1 heterocycles. The summed E-state index contributed by atoms with van der Waals surface area (Å²) in [6.07, 6.45) is 2.07. The molecular formula is C17H19F2N. The first-order chi connectivity index (χ1) is 9.31. The molecule has 2 rings (SSSR count). The third kappa shape index (κ3) is 2.53. The van der Waals surface area contributed by atoms with Crippen LogP contribution in [-0.2, 0) is 0 Å². The lowest BCUT2D eigenvalue weighted by Crippen LogP contribution is -2.04. The highest BCUT2D eigenvalue weighted by molar-refractivity contribution is 5.59. The monoisotopic (exact) mass is 275 g/mol. The van der Waals surface area contributed by atoms with E-state index in [0.29, 0.717) is 11.3 Å². The lowest BCUT2D eigenvalue weighted by atomic mass is 10.1. The number of allylic oxidation sites excluding steroid dienone is 1. The maximum absolute atomic E-state index is 13.7. The summed E-state index contributed by atoms with van der Waals surface area (Å²) in [5, 5.41) is 0. The Kier molecular flexibility index (Phi) is 3.80. The highest BCUT2D eigenvalue weighted by Gasteiger charge is 2.14. The summed E-state index contributed by atoms with van der Waals surface area (Å²) < 4.78 is 29.1. The molecule has 0 aliphatic rings. The SMILES string of the molecule is CC(C)=Cc1cc(C)n(-c2cc(F)cc(F)c2C)c1C. The molecular weight excluding hydrogens is 256 g/mol. The van der Waals surface area contributed by atoms with Crippen LogP contribution < -0.4 is 0 Å². The highest BCUT2D eigenvalue weighted by atomic mass is 19.1. The van der Waals surface area contributed by atoms with Crippen LogP contribution in [0.5, 0.6) is 0 Å². The summed E-state index contributed by atoms with van der Waals surface area (Å²) in [7, 11) is 0. The van der Waals surface area contributed by atoms with Crippen molar-refractivity contribution in [1.29, 1.82) is 0 Å². The number of aromatic nitrogens is 1. The molecule has 0 aliphatic heterocycles. The average molecular weight is 275 g/mol. The van der Waals surface area contributed by atoms with Crippen molar-refractivity contribution >= 4 is 6.08 Å². The molecule has 20 heavy (non-hydrogen) atoms. The van der Waals surface area contributed by atoms with Crippen molar-refractivity contribution in [2.45, 2.75) is 34.6 Å². The fourth-order valence-corrected chi connectivity index (χ4v) is 2.48. The molecule has 0 fully saturated rings. The van der Waals surface area contributed by atoms with E-state index < -0.39 is 11.6 Å². The maximum Gasteiger partial charge on any atom is 0.131 e. The minimum atomic E-state index is -0.556. The topological polar surface area (TPSA) is 4.93 Å². The Morgan fingerprint density at radius 2 is 1.70 bits per heavy atom. The zero-order chi connectivity index (χ0) is 15.0. The van der Waals surface area contributed by atoms with Crippen LogP contribution >= 0.6 is 0 Å². The van der Waals surface area contributed by atoms with Crippen LogP contribution in [0, 0.1) is 32.4 Å². The van der Waals surface area contributed by atoms with E-state index in [2.05, 4.69) is 6.08 Å². The second kappa shape index (κ2) is 5.23. The van der Waals surface area contributed by atoms with Crippen LogP contribution in [0.4, 0.5) is 8.78 Å². The van der Waals surface area contributed by atoms with Crippen molar-refractivity contribution in [3.05, 3.63) is 57.9 Å². The minimum absolute atomic E-state index is 0.456. The predicted molar refractivity (Wildman–Crippen MR) is 79.2 cm³/mol. The summed E-state index contributed by atoms with van der Waals surface area (Å²) in [6.45, 7) is 9.63. The Bertz CT molecular complexity index is 690. The first kappa shape index (κ1) is 14.5. The molecule has 3 heteroatoms. The predicted octanol–water partition coefficient (Wildman–Crippen LogP) is 5.10. The van der Waals surface area contributed by atoms with E-state index in [4.69, 9.17) is 0 Å². The molecule has 0 saturated carbocycles. The molecule has 0 amide bonds. The molecule has 0 unspecified atom stereocenters. The van der Waals surface area contributed by atoms with Crippen molar-refractivity contribution in [1.82, 2.24) is 4.57 Å². The average Bonchev–Trinajstić information content (AvgIpc) is 2.59. The van der Waals surface area contributed by atoms with Gasteiger partial charge < -0.3 is 4.57 Å². The Morgan fingerprint density at radius 3 is 2.30 bits per heavy atom. The summed E-state index contributed by atoms with van der Waals surface area (Å²) >= 11 is 0. The number of nitrogens with zero attached hydrogens (tertiary/aromatic N) is 1. The van der Waals surface area contributed by atoms with Crippen molar-refractivity contribution in [3.63, 3.8) is 0 Å². The molecule has 1 aromatic carbocycles. The van der Waals surface area contributed by atoms with Crippen molar-refractivity contribution in [3.8, 4) is 5.69 Å². The molecule has 0 atom stereocenters. The highest BCUT2D eigenvalue weighted by Crippen LogP contribution is 2.26. The van der Waals surface area contributed by atoms with Crippen molar-refractivity contribution in [2.24, 2.45) is 0 Å². The van der Waals surface area contributed by atoms with Gasteiger partial charge in [-0.2, -0.15) is 0 Å². The Morgan fingerprint density at radius 1 is 1.05 bits per heavy atom. The smallest absolute Gasteiger partial charge is 0.131 e. The van der Waals surface area contributed by atoms with E-state index in [1.54, 1.807) is 6.92 Å². The zero-order valence-corrected chi connectivity index (χ0v) is 12.5. The quantitative estimate of drug-likeness (QED) is 0.718. The maximum atomic E-state index is 13.7. The number of halogens is 2. The number of aryl methyl sites for hydroxylation is 1. The Labute approximate surface area is 118 Å². The minimum Gasteiger partial charge on any atom is -0.317 e. The number of benzene rings is 1. The van der Waals surface area contributed by atoms with Gasteiger partial charge in [-0.15, -0.1) is 0 Å². The molecule has 0 bridgehead atoms. The van der Waals surface area contributed by atoms with E-state index in [-0.39, 0.29) is 0 Å². The van der Waals surface area contributed by atoms with E-state index in [1.165, 1.54) is 11.6 Å². The van der Waals surface area contributed by atoms with Crippen LogP contribution in [0.2, 0.25) is 0 Å². The molecule has 1 aromatic heterocycles. The van der Waals surface area contributed by atoms with E-state index >= 15 is 0 Å². The van der Waals surface area contributed by atoms with Gasteiger partial charge in [0.25, 0.3) is 0 Å². The van der Waals surface area contributed by atoms with Crippen LogP contribution in [0.3, 0.4) is 0 Å². The van der Waals surface area contributed by atoms with Crippen LogP contribution in [-0.4, -0.2) is 4.57 Å². The summed E-state index contributed by atoms with van der Waals surface area (Å²) in [5.41, 5.74) is 5.22. The van der Waals surface area contributed by atoms with Crippen LogP contribution in [0.1, 0.15) is 36.4 Å². The molecule has 0 radical (unpaired) electrons. The standard InChI is InChI=1S/C17H19F2N/c1-10(2)6-14-7-11(3)20(13(14)5)17-9-15(18)8-16(19)12(17)4/h6-9H,1-5H3. The first-order valence-corrected chi connectivity index (χ1v) is 6.61. The van der Waals surface area contributed by atoms with E-state index in [9.17, 15) is 8.78 Å². The van der Waals surface area contributed by atoms with Crippen LogP contribution in [0.15, 0.2) is 23.8 Å². The Hall–Kier alpha value is -1.90. The second-order valence-corrected chi connectivity index (χ2v) is 5.42. The number of rotatable bonds is 2. The van der Waals surface area contributed by atoms with Gasteiger partial charge in [-0.05, 0) is 52.3 Å². The summed E-state index contributed by atoms with van der Waals surface area (Å²) in [5.74, 6) is -1.07. The largest absolute Gasteiger partial charge is 0.317 e. The van der Waals surface area contributed by atoms with Gasteiger partial charge in [0.2, 0.25) is 0 Å². The molecule has 106 valence electrons. The lowest BCUT2D eigenvalue weighted by Gasteiger charge is -2.13. The van der Waals surface area contributed by atoms with Gasteiger partial charge in [0.05, 0.1) is 5.69 Å². The fraction of sp³-hybridized carbons (Fsp3) is 0.294. The van der Waals surface area contributed by atoms with Gasteiger partial charge in [-0.1, -0.05) is 11.6 Å². The molecule has 0 saturated heterocycles. The van der Waals surface area contributed by atoms with Gasteiger partial charge in [0.15, 0.2) is 0 Å². The van der Waals surface area contributed by atoms with E-state index in [1.807, 2.05) is 38.3 Å². The molecule has 2 aromatic rings. The normalized spacial score (nSPS) is 10.8. The first-order valence-electron chi connectivity index (χ1n) is 6.61. The fourth-order valence-electron chi connectivity index (χ4n) is 2.48. The number of hydrogen-bond donors (Lipinski definition) is 0. The van der Waals surface area contributed by atoms with Gasteiger partial charge in [-0.3, -0.25) is 0 Å². The van der Waals surface area contributed by atoms with Crippen LogP contribution in [0.25, 0.3) is 11.8 Å². The molecule has 0 aliphatic carbocycles. The third-order valence-electron chi connectivity index (χ3n) is 3.44. The molecule has 1 nitrogen and oxygen atoms in total. The van der Waals surface area contributed by atoms with Crippen molar-refractivity contribution in [2.75, 3.05) is 0 Å². The van der Waals surface area contributed by atoms with Gasteiger partial charge in [-0.25, -0.2) is 8.78 Å². The molecule has 0 spiro atoms. The zero-order valence-electron chi connectivity index (χ0n) is 12.5. The number of hydrogen-bond acceptors (Lipinski definition) is 0. The van der Waals surface area contributed by atoms with Gasteiger partial charge in [0.1, 0.15) is 11.6 Å². The van der Waals surface area contributed by atoms with E-state index in [0.717, 1.165) is 23.0 Å².